The van der Waals surface area contributed by atoms with E-state index in [0.717, 1.165) is 30.5 Å². The van der Waals surface area contributed by atoms with E-state index in [1.807, 2.05) is 11.4 Å². The first kappa shape index (κ1) is 15.8. The summed E-state index contributed by atoms with van der Waals surface area (Å²) in [5.41, 5.74) is -0.645. The van der Waals surface area contributed by atoms with Gasteiger partial charge in [-0.25, -0.2) is 4.98 Å². The molecule has 4 nitrogen and oxygen atoms in total. The van der Waals surface area contributed by atoms with Gasteiger partial charge in [-0.2, -0.15) is 0 Å². The van der Waals surface area contributed by atoms with Gasteiger partial charge in [-0.1, -0.05) is 37.1 Å². The summed E-state index contributed by atoms with van der Waals surface area (Å²) in [5, 5.41) is 13.9. The third-order valence-electron chi connectivity index (χ3n) is 4.11. The Bertz CT molecular complexity index is 729. The summed E-state index contributed by atoms with van der Waals surface area (Å²) >= 11 is 2.96. The molecule has 0 spiro atoms. The molecule has 0 radical (unpaired) electrons. The van der Waals surface area contributed by atoms with Crippen molar-refractivity contribution in [2.75, 3.05) is 5.75 Å². The lowest BCUT2D eigenvalue weighted by Gasteiger charge is -2.31. The van der Waals surface area contributed by atoms with Crippen molar-refractivity contribution >= 4 is 33.3 Å². The molecule has 0 saturated heterocycles. The lowest BCUT2D eigenvalue weighted by Crippen LogP contribution is -2.34. The summed E-state index contributed by atoms with van der Waals surface area (Å²) in [5.74, 6) is 0.591. The molecular formula is C16H20N2O2S2. The molecule has 1 saturated carbocycles. The van der Waals surface area contributed by atoms with Crippen LogP contribution >= 0.6 is 23.1 Å². The molecule has 1 N–H and O–H groups in total. The van der Waals surface area contributed by atoms with Crippen LogP contribution < -0.4 is 5.56 Å². The quantitative estimate of drug-likeness (QED) is 0.516. The van der Waals surface area contributed by atoms with Crippen LogP contribution in [0.15, 0.2) is 34.1 Å². The summed E-state index contributed by atoms with van der Waals surface area (Å²) in [6, 6.07) is 1.82. The second-order valence-corrected chi connectivity index (χ2v) is 7.65. The van der Waals surface area contributed by atoms with Gasteiger partial charge in [0, 0.05) is 12.3 Å². The molecule has 2 heterocycles. The molecule has 1 aliphatic carbocycles. The molecule has 2 aromatic heterocycles. The monoisotopic (exact) mass is 336 g/mol. The fourth-order valence-corrected chi connectivity index (χ4v) is 4.85. The molecule has 0 atom stereocenters. The van der Waals surface area contributed by atoms with E-state index in [0.29, 0.717) is 22.8 Å². The number of fused-ring (bicyclic) bond motifs is 1. The maximum absolute atomic E-state index is 12.5. The lowest BCUT2D eigenvalue weighted by molar-refractivity contribution is 0.0272. The Morgan fingerprint density at radius 3 is 2.95 bits per heavy atom. The van der Waals surface area contributed by atoms with Crippen molar-refractivity contribution in [2.24, 2.45) is 0 Å². The van der Waals surface area contributed by atoms with Crippen molar-refractivity contribution < 1.29 is 5.11 Å². The first-order valence-corrected chi connectivity index (χ1v) is 9.44. The van der Waals surface area contributed by atoms with Crippen LogP contribution in [-0.2, 0) is 6.54 Å². The van der Waals surface area contributed by atoms with Gasteiger partial charge in [0.15, 0.2) is 5.16 Å². The predicted octanol–water partition coefficient (Wildman–Crippen LogP) is 3.43. The molecule has 6 heteroatoms. The average Bonchev–Trinajstić information content (AvgIpc) is 2.98. The highest BCUT2D eigenvalue weighted by Crippen LogP contribution is 2.33. The molecule has 0 unspecified atom stereocenters. The summed E-state index contributed by atoms with van der Waals surface area (Å²) in [4.78, 5) is 17.9. The van der Waals surface area contributed by atoms with Crippen LogP contribution in [0.25, 0.3) is 10.2 Å². The zero-order valence-corrected chi connectivity index (χ0v) is 14.1. The molecule has 0 bridgehead atoms. The van der Waals surface area contributed by atoms with Crippen molar-refractivity contribution in [3.05, 3.63) is 34.5 Å². The third kappa shape index (κ3) is 3.14. The van der Waals surface area contributed by atoms with E-state index in [-0.39, 0.29) is 5.56 Å². The zero-order chi connectivity index (χ0) is 15.6. The van der Waals surface area contributed by atoms with Crippen LogP contribution in [0.4, 0.5) is 0 Å². The Morgan fingerprint density at radius 2 is 2.23 bits per heavy atom. The predicted molar refractivity (Wildman–Crippen MR) is 92.8 cm³/mol. The van der Waals surface area contributed by atoms with Crippen molar-refractivity contribution in [3.63, 3.8) is 0 Å². The molecule has 0 amide bonds. The van der Waals surface area contributed by atoms with Gasteiger partial charge in [-0.05, 0) is 24.3 Å². The van der Waals surface area contributed by atoms with Gasteiger partial charge in [-0.3, -0.25) is 9.36 Å². The SMILES string of the molecule is C=CCn1c(SCC2(O)CCCCC2)nc2sccc2c1=O. The standard InChI is InChI=1S/C16H20N2O2S2/c1-2-9-18-14(19)12-6-10-21-13(12)17-15(18)22-11-16(20)7-4-3-5-8-16/h2,6,10,20H,1,3-5,7-9,11H2. The van der Waals surface area contributed by atoms with Crippen molar-refractivity contribution in [2.45, 2.75) is 49.4 Å². The Hall–Kier alpha value is -1.11. The lowest BCUT2D eigenvalue weighted by atomic mass is 9.86. The maximum atomic E-state index is 12.5. The van der Waals surface area contributed by atoms with Crippen LogP contribution in [0.1, 0.15) is 32.1 Å². The molecule has 1 aliphatic rings. The van der Waals surface area contributed by atoms with Gasteiger partial charge in [0.05, 0.1) is 11.0 Å². The number of aliphatic hydroxyl groups is 1. The smallest absolute Gasteiger partial charge is 0.263 e. The van der Waals surface area contributed by atoms with E-state index >= 15 is 0 Å². The van der Waals surface area contributed by atoms with Crippen LogP contribution in [0.3, 0.4) is 0 Å². The second-order valence-electron chi connectivity index (χ2n) is 5.81. The minimum absolute atomic E-state index is 0.0238. The normalized spacial score (nSPS) is 17.7. The average molecular weight is 336 g/mol. The minimum atomic E-state index is -0.621. The molecular weight excluding hydrogens is 316 g/mol. The zero-order valence-electron chi connectivity index (χ0n) is 12.5. The van der Waals surface area contributed by atoms with Crippen LogP contribution in [0, 0.1) is 0 Å². The van der Waals surface area contributed by atoms with Crippen LogP contribution in [-0.4, -0.2) is 26.0 Å². The Kier molecular flexibility index (Phi) is 4.70. The van der Waals surface area contributed by atoms with Gasteiger partial charge in [0.1, 0.15) is 4.83 Å². The second kappa shape index (κ2) is 6.56. The maximum Gasteiger partial charge on any atom is 0.263 e. The van der Waals surface area contributed by atoms with Gasteiger partial charge < -0.3 is 5.11 Å². The summed E-state index contributed by atoms with van der Waals surface area (Å²) in [7, 11) is 0. The molecule has 118 valence electrons. The third-order valence-corrected chi connectivity index (χ3v) is 6.17. The molecule has 22 heavy (non-hydrogen) atoms. The number of aromatic nitrogens is 2. The molecule has 0 aromatic carbocycles. The van der Waals surface area contributed by atoms with E-state index in [2.05, 4.69) is 11.6 Å². The van der Waals surface area contributed by atoms with E-state index in [4.69, 9.17) is 0 Å². The van der Waals surface area contributed by atoms with Crippen LogP contribution in [0.2, 0.25) is 0 Å². The molecule has 3 rings (SSSR count). The summed E-state index contributed by atoms with van der Waals surface area (Å²) < 4.78 is 1.65. The number of rotatable bonds is 5. The molecule has 0 aliphatic heterocycles. The van der Waals surface area contributed by atoms with E-state index < -0.39 is 5.60 Å². The summed E-state index contributed by atoms with van der Waals surface area (Å²) in [6.07, 6.45) is 6.75. The van der Waals surface area contributed by atoms with E-state index in [1.165, 1.54) is 29.5 Å². The highest BCUT2D eigenvalue weighted by atomic mass is 32.2. The topological polar surface area (TPSA) is 55.1 Å². The van der Waals surface area contributed by atoms with Crippen molar-refractivity contribution in [1.82, 2.24) is 9.55 Å². The number of thioether (sulfide) groups is 1. The number of thiophene rings is 1. The Balaban J connectivity index is 1.90. The minimum Gasteiger partial charge on any atom is -0.389 e. The highest BCUT2D eigenvalue weighted by Gasteiger charge is 2.29. The van der Waals surface area contributed by atoms with E-state index in [9.17, 15) is 9.90 Å². The first-order valence-electron chi connectivity index (χ1n) is 7.57. The summed E-state index contributed by atoms with van der Waals surface area (Å²) in [6.45, 7) is 4.17. The first-order chi connectivity index (χ1) is 10.6. The van der Waals surface area contributed by atoms with Gasteiger partial charge in [-0.15, -0.1) is 17.9 Å². The highest BCUT2D eigenvalue weighted by molar-refractivity contribution is 7.99. The largest absolute Gasteiger partial charge is 0.389 e. The Labute approximate surface area is 137 Å². The van der Waals surface area contributed by atoms with E-state index in [1.54, 1.807) is 10.6 Å². The number of hydrogen-bond donors (Lipinski definition) is 1. The Morgan fingerprint density at radius 1 is 1.45 bits per heavy atom. The molecule has 1 fully saturated rings. The number of nitrogens with zero attached hydrogens (tertiary/aromatic N) is 2. The van der Waals surface area contributed by atoms with Gasteiger partial charge >= 0.3 is 0 Å². The number of allylic oxidation sites excluding steroid dienone is 1. The van der Waals surface area contributed by atoms with Crippen molar-refractivity contribution in [1.29, 1.82) is 0 Å². The fourth-order valence-electron chi connectivity index (χ4n) is 2.88. The number of hydrogen-bond acceptors (Lipinski definition) is 5. The van der Waals surface area contributed by atoms with Crippen LogP contribution in [0.5, 0.6) is 0 Å². The fraction of sp³-hybridized carbons (Fsp3) is 0.500. The van der Waals surface area contributed by atoms with Gasteiger partial charge in [0.2, 0.25) is 0 Å². The van der Waals surface area contributed by atoms with Gasteiger partial charge in [0.25, 0.3) is 5.56 Å². The van der Waals surface area contributed by atoms with Crippen molar-refractivity contribution in [3.8, 4) is 0 Å². The molecule has 2 aromatic rings.